The molecule has 0 bridgehead atoms. The van der Waals surface area contributed by atoms with E-state index in [1.165, 1.54) is 0 Å². The second kappa shape index (κ2) is 6.08. The van der Waals surface area contributed by atoms with Gasteiger partial charge in [-0.1, -0.05) is 20.8 Å². The summed E-state index contributed by atoms with van der Waals surface area (Å²) in [6.45, 7) is 4.43. The molecule has 0 aromatic rings. The fourth-order valence-corrected chi connectivity index (χ4v) is 1.84. The van der Waals surface area contributed by atoms with Gasteiger partial charge in [-0.15, -0.1) is 0 Å². The summed E-state index contributed by atoms with van der Waals surface area (Å²) in [5, 5.41) is 29.7. The molecule has 0 aliphatic carbocycles. The molecule has 8 heteroatoms. The minimum Gasteiger partial charge on any atom is -0.595 e. The molecule has 1 rings (SSSR count). The third-order valence-electron chi connectivity index (χ3n) is 2.62. The maximum absolute atomic E-state index is 11.8. The van der Waals surface area contributed by atoms with Crippen LogP contribution in [0.5, 0.6) is 0 Å². The normalized spacial score (nSPS) is 23.8. The number of carbonyl (C=O) groups is 2. The Morgan fingerprint density at radius 2 is 2.05 bits per heavy atom. The highest BCUT2D eigenvalue weighted by molar-refractivity contribution is 5.86. The molecule has 1 fully saturated rings. The van der Waals surface area contributed by atoms with Crippen LogP contribution in [0.3, 0.4) is 0 Å². The maximum atomic E-state index is 11.8. The first-order valence-electron chi connectivity index (χ1n) is 6.21. The third-order valence-corrected chi connectivity index (χ3v) is 2.62. The Balaban J connectivity index is 2.62. The molecule has 1 saturated heterocycles. The fraction of sp³-hybridized carbons (Fsp3) is 0.750. The molecule has 1 aliphatic rings. The zero-order valence-electron chi connectivity index (χ0n) is 11.7. The lowest BCUT2D eigenvalue weighted by Crippen LogP contribution is -2.42. The first-order valence-corrected chi connectivity index (χ1v) is 6.21. The lowest BCUT2D eigenvalue weighted by molar-refractivity contribution is -0.260. The Morgan fingerprint density at radius 3 is 2.55 bits per heavy atom. The van der Waals surface area contributed by atoms with Crippen LogP contribution in [0.25, 0.3) is 0 Å². The summed E-state index contributed by atoms with van der Waals surface area (Å²) in [4.78, 5) is 27.2. The molecule has 1 heterocycles. The van der Waals surface area contributed by atoms with Crippen molar-refractivity contribution in [2.24, 2.45) is 4.99 Å². The average Bonchev–Trinajstić information content (AvgIpc) is 2.66. The van der Waals surface area contributed by atoms with E-state index in [-0.39, 0.29) is 13.0 Å². The van der Waals surface area contributed by atoms with E-state index in [2.05, 4.69) is 4.99 Å². The molecule has 8 nitrogen and oxygen atoms in total. The van der Waals surface area contributed by atoms with Crippen LogP contribution in [0.15, 0.2) is 4.99 Å². The SMILES string of the molecule is CC(C)(C)OC([O-])=NCC(=O)N1CC(O)CC1C(=O)O. The molecular formula is C12H19N2O6-. The van der Waals surface area contributed by atoms with Crippen LogP contribution in [0.4, 0.5) is 0 Å². The Kier molecular flexibility index (Phi) is 4.93. The Morgan fingerprint density at radius 1 is 1.45 bits per heavy atom. The summed E-state index contributed by atoms with van der Waals surface area (Å²) in [7, 11) is 0. The minimum atomic E-state index is -1.19. The van der Waals surface area contributed by atoms with Gasteiger partial charge in [0.25, 0.3) is 0 Å². The van der Waals surface area contributed by atoms with Gasteiger partial charge in [0.05, 0.1) is 6.10 Å². The summed E-state index contributed by atoms with van der Waals surface area (Å²) in [6.07, 6.45) is -1.77. The number of aliphatic hydroxyl groups excluding tert-OH is 1. The summed E-state index contributed by atoms with van der Waals surface area (Å²) in [5.74, 6) is -1.81. The smallest absolute Gasteiger partial charge is 0.326 e. The van der Waals surface area contributed by atoms with Crippen molar-refractivity contribution in [1.29, 1.82) is 0 Å². The Bertz CT molecular complexity index is 415. The van der Waals surface area contributed by atoms with E-state index in [4.69, 9.17) is 9.84 Å². The Hall–Kier alpha value is -1.83. The average molecular weight is 287 g/mol. The first-order chi connectivity index (χ1) is 9.10. The maximum Gasteiger partial charge on any atom is 0.326 e. The van der Waals surface area contributed by atoms with E-state index in [1.54, 1.807) is 20.8 Å². The monoisotopic (exact) mass is 287 g/mol. The molecule has 0 spiro atoms. The van der Waals surface area contributed by atoms with Gasteiger partial charge in [-0.25, -0.2) is 4.79 Å². The van der Waals surface area contributed by atoms with Crippen molar-refractivity contribution in [2.45, 2.75) is 44.9 Å². The number of aliphatic imine (C=N–C) groups is 1. The van der Waals surface area contributed by atoms with Crippen LogP contribution in [0, 0.1) is 0 Å². The first kappa shape index (κ1) is 16.2. The number of carbonyl (C=O) groups excluding carboxylic acids is 1. The number of carboxylic acid groups (broad SMARTS) is 1. The molecule has 0 radical (unpaired) electrons. The molecule has 0 aromatic heterocycles. The molecule has 20 heavy (non-hydrogen) atoms. The highest BCUT2D eigenvalue weighted by Gasteiger charge is 2.38. The predicted molar refractivity (Wildman–Crippen MR) is 66.9 cm³/mol. The summed E-state index contributed by atoms with van der Waals surface area (Å²) in [6, 6.07) is -1.08. The summed E-state index contributed by atoms with van der Waals surface area (Å²) >= 11 is 0. The highest BCUT2D eigenvalue weighted by atomic mass is 16.6. The number of amides is 1. The number of hydrogen-bond acceptors (Lipinski definition) is 6. The number of hydrogen-bond donors (Lipinski definition) is 2. The van der Waals surface area contributed by atoms with E-state index in [0.29, 0.717) is 0 Å². The Labute approximate surface area is 116 Å². The molecule has 2 unspecified atom stereocenters. The minimum absolute atomic E-state index is 0.0203. The van der Waals surface area contributed by atoms with Crippen LogP contribution in [-0.4, -0.2) is 63.9 Å². The molecule has 0 saturated carbocycles. The predicted octanol–water partition coefficient (Wildman–Crippen LogP) is -1.44. The van der Waals surface area contributed by atoms with Crippen LogP contribution in [0.1, 0.15) is 27.2 Å². The number of β-amino-alcohol motifs (C(OH)–C–C–N with tert-alkyl or cyclic N) is 1. The molecule has 2 atom stereocenters. The second-order valence-corrected chi connectivity index (χ2v) is 5.59. The zero-order chi connectivity index (χ0) is 15.5. The standard InChI is InChI=1S/C12H20N2O6/c1-12(2,3)20-11(19)13-5-9(16)14-6-7(15)4-8(14)10(17)18/h7-8,15H,4-6H2,1-3H3,(H,13,19)(H,17,18)/p-1. The quantitative estimate of drug-likeness (QED) is 0.484. The van der Waals surface area contributed by atoms with Gasteiger partial charge in [-0.05, 0) is 0 Å². The molecular weight excluding hydrogens is 268 g/mol. The number of ether oxygens (including phenoxy) is 1. The van der Waals surface area contributed by atoms with Crippen LogP contribution < -0.4 is 5.11 Å². The molecule has 114 valence electrons. The van der Waals surface area contributed by atoms with Crippen molar-refractivity contribution in [1.82, 2.24) is 4.90 Å². The van der Waals surface area contributed by atoms with Crippen molar-refractivity contribution >= 4 is 18.0 Å². The number of rotatable bonds is 3. The van der Waals surface area contributed by atoms with Gasteiger partial charge < -0.3 is 25.0 Å². The van der Waals surface area contributed by atoms with Crippen LogP contribution in [-0.2, 0) is 14.3 Å². The van der Waals surface area contributed by atoms with Crippen molar-refractivity contribution in [3.8, 4) is 0 Å². The van der Waals surface area contributed by atoms with Crippen molar-refractivity contribution in [3.63, 3.8) is 0 Å². The van der Waals surface area contributed by atoms with Gasteiger partial charge in [0, 0.05) is 18.6 Å². The van der Waals surface area contributed by atoms with Gasteiger partial charge in [0.15, 0.2) is 0 Å². The largest absolute Gasteiger partial charge is 0.595 e. The van der Waals surface area contributed by atoms with Crippen molar-refractivity contribution in [3.05, 3.63) is 0 Å². The summed E-state index contributed by atoms with van der Waals surface area (Å²) in [5.41, 5.74) is -0.711. The van der Waals surface area contributed by atoms with E-state index < -0.39 is 42.3 Å². The van der Waals surface area contributed by atoms with E-state index in [1.807, 2.05) is 0 Å². The molecule has 0 aromatic carbocycles. The fourth-order valence-electron chi connectivity index (χ4n) is 1.84. The summed E-state index contributed by atoms with van der Waals surface area (Å²) < 4.78 is 4.90. The molecule has 1 aliphatic heterocycles. The van der Waals surface area contributed by atoms with Crippen LogP contribution in [0.2, 0.25) is 0 Å². The molecule has 2 N–H and O–H groups in total. The second-order valence-electron chi connectivity index (χ2n) is 5.59. The van der Waals surface area contributed by atoms with E-state index in [0.717, 1.165) is 4.90 Å². The van der Waals surface area contributed by atoms with Gasteiger partial charge >= 0.3 is 5.97 Å². The van der Waals surface area contributed by atoms with Crippen molar-refractivity contribution in [2.75, 3.05) is 13.1 Å². The number of aliphatic hydroxyl groups is 1. The number of nitrogens with zero attached hydrogens (tertiary/aromatic N) is 2. The van der Waals surface area contributed by atoms with E-state index >= 15 is 0 Å². The van der Waals surface area contributed by atoms with Crippen molar-refractivity contribution < 1.29 is 29.6 Å². The topological polar surface area (TPSA) is 122 Å². The third kappa shape index (κ3) is 4.69. The lowest BCUT2D eigenvalue weighted by atomic mass is 10.2. The number of aliphatic carboxylic acids is 1. The van der Waals surface area contributed by atoms with Gasteiger partial charge in [-0.2, -0.15) is 0 Å². The number of likely N-dealkylation sites (tertiary alicyclic amines) is 1. The highest BCUT2D eigenvalue weighted by Crippen LogP contribution is 2.18. The molecule has 1 amide bonds. The van der Waals surface area contributed by atoms with Gasteiger partial charge in [0.1, 0.15) is 18.7 Å². The lowest BCUT2D eigenvalue weighted by Gasteiger charge is -2.29. The zero-order valence-corrected chi connectivity index (χ0v) is 11.7. The number of carboxylic acids is 1. The van der Waals surface area contributed by atoms with Gasteiger partial charge in [-0.3, -0.25) is 9.79 Å². The van der Waals surface area contributed by atoms with Gasteiger partial charge in [0.2, 0.25) is 5.91 Å². The van der Waals surface area contributed by atoms with E-state index in [9.17, 15) is 19.8 Å². The van der Waals surface area contributed by atoms with Crippen LogP contribution >= 0.6 is 0 Å².